The van der Waals surface area contributed by atoms with Crippen molar-refractivity contribution in [2.75, 3.05) is 0 Å². The van der Waals surface area contributed by atoms with Gasteiger partial charge in [-0.2, -0.15) is 0 Å². The van der Waals surface area contributed by atoms with Crippen molar-refractivity contribution in [3.8, 4) is 11.5 Å². The minimum Gasteiger partial charge on any atom is -0.415 e. The number of hydrogen-bond acceptors (Lipinski definition) is 4. The third-order valence-corrected chi connectivity index (χ3v) is 4.38. The zero-order valence-electron chi connectivity index (χ0n) is 11.0. The highest BCUT2D eigenvalue weighted by Gasteiger charge is 2.33. The summed E-state index contributed by atoms with van der Waals surface area (Å²) in [6, 6.07) is 17.7. The number of nitrogens with two attached hydrogens (primary N) is 1. The Hall–Kier alpha value is -1.29. The molecule has 0 heterocycles. The molecule has 1 unspecified atom stereocenters. The lowest BCUT2D eigenvalue weighted by atomic mass is 10.3. The van der Waals surface area contributed by atoms with Crippen molar-refractivity contribution in [2.24, 2.45) is 5.73 Å². The topological polar surface area (TPSA) is 61.6 Å². The molecular formula is C14H17BrNO3P. The van der Waals surface area contributed by atoms with Gasteiger partial charge in [0.1, 0.15) is 17.3 Å². The van der Waals surface area contributed by atoms with Crippen molar-refractivity contribution in [3.63, 3.8) is 0 Å². The molecule has 0 aliphatic carbocycles. The predicted octanol–water partition coefficient (Wildman–Crippen LogP) is 4.22. The molecule has 0 radical (unpaired) electrons. The van der Waals surface area contributed by atoms with E-state index in [9.17, 15) is 4.57 Å². The van der Waals surface area contributed by atoms with Crippen molar-refractivity contribution in [2.45, 2.75) is 12.7 Å². The first kappa shape index (κ1) is 16.8. The Bertz CT molecular complexity index is 518. The smallest absolute Gasteiger partial charge is 0.415 e. The minimum absolute atomic E-state index is 0. The fraction of sp³-hybridized carbons (Fsp3) is 0.143. The van der Waals surface area contributed by atoms with Gasteiger partial charge >= 0.3 is 7.60 Å². The monoisotopic (exact) mass is 357 g/mol. The Balaban J connectivity index is 0.00000200. The molecule has 2 aromatic carbocycles. The molecule has 0 spiro atoms. The van der Waals surface area contributed by atoms with Crippen LogP contribution >= 0.6 is 24.6 Å². The summed E-state index contributed by atoms with van der Waals surface area (Å²) in [5.41, 5.74) is 5.75. The Morgan fingerprint density at radius 1 is 0.900 bits per heavy atom. The minimum atomic E-state index is -3.46. The van der Waals surface area contributed by atoms with E-state index in [-0.39, 0.29) is 17.0 Å². The fourth-order valence-electron chi connectivity index (χ4n) is 1.44. The van der Waals surface area contributed by atoms with E-state index in [1.165, 1.54) is 0 Å². The van der Waals surface area contributed by atoms with Crippen LogP contribution in [0.4, 0.5) is 0 Å². The van der Waals surface area contributed by atoms with Crippen molar-refractivity contribution < 1.29 is 13.6 Å². The van der Waals surface area contributed by atoms with E-state index in [2.05, 4.69) is 0 Å². The highest BCUT2D eigenvalue weighted by Crippen LogP contribution is 2.50. The Morgan fingerprint density at radius 3 is 1.55 bits per heavy atom. The van der Waals surface area contributed by atoms with E-state index in [4.69, 9.17) is 14.8 Å². The molecule has 4 nitrogen and oxygen atoms in total. The van der Waals surface area contributed by atoms with E-state index in [0.29, 0.717) is 11.5 Å². The number of rotatable bonds is 5. The molecule has 2 rings (SSSR count). The Morgan fingerprint density at radius 2 is 1.25 bits per heavy atom. The van der Waals surface area contributed by atoms with E-state index in [1.807, 2.05) is 12.1 Å². The van der Waals surface area contributed by atoms with Crippen LogP contribution < -0.4 is 14.8 Å². The van der Waals surface area contributed by atoms with Crippen molar-refractivity contribution >= 4 is 24.6 Å². The summed E-state index contributed by atoms with van der Waals surface area (Å²) < 4.78 is 23.6. The molecule has 0 bridgehead atoms. The maximum atomic E-state index is 12.7. The van der Waals surface area contributed by atoms with Crippen LogP contribution in [0.15, 0.2) is 60.7 Å². The molecule has 1 atom stereocenters. The van der Waals surface area contributed by atoms with Crippen molar-refractivity contribution in [1.82, 2.24) is 0 Å². The molecule has 0 aliphatic rings. The molecule has 6 heteroatoms. The van der Waals surface area contributed by atoms with E-state index < -0.39 is 13.4 Å². The Labute approximate surface area is 129 Å². The average Bonchev–Trinajstić information content (AvgIpc) is 2.40. The summed E-state index contributed by atoms with van der Waals surface area (Å²) in [5.74, 6) is 0.214. The van der Waals surface area contributed by atoms with Gasteiger partial charge in [0.15, 0.2) is 0 Å². The average molecular weight is 358 g/mol. The van der Waals surface area contributed by atoms with Gasteiger partial charge in [-0.25, -0.2) is 4.57 Å². The van der Waals surface area contributed by atoms with Gasteiger partial charge in [0, 0.05) is 0 Å². The SMILES string of the molecule is Br.CC(N)P(=O)(Oc1ccccc1)Oc1ccccc1. The third kappa shape index (κ3) is 4.37. The highest BCUT2D eigenvalue weighted by atomic mass is 79.9. The molecule has 0 amide bonds. The van der Waals surface area contributed by atoms with Gasteiger partial charge in [0.2, 0.25) is 0 Å². The summed E-state index contributed by atoms with van der Waals surface area (Å²) >= 11 is 0. The summed E-state index contributed by atoms with van der Waals surface area (Å²) in [6.07, 6.45) is 0. The van der Waals surface area contributed by atoms with Crippen LogP contribution in [0.25, 0.3) is 0 Å². The number of hydrogen-bond donors (Lipinski definition) is 1. The normalized spacial score (nSPS) is 12.1. The molecule has 0 aromatic heterocycles. The third-order valence-electron chi connectivity index (χ3n) is 2.45. The van der Waals surface area contributed by atoms with Crippen LogP contribution in [-0.4, -0.2) is 5.78 Å². The summed E-state index contributed by atoms with van der Waals surface area (Å²) in [5, 5.41) is 0. The molecule has 0 saturated carbocycles. The molecule has 108 valence electrons. The van der Waals surface area contributed by atoms with E-state index >= 15 is 0 Å². The Kier molecular flexibility index (Phi) is 6.27. The van der Waals surface area contributed by atoms with E-state index in [0.717, 1.165) is 0 Å². The lowest BCUT2D eigenvalue weighted by Gasteiger charge is -2.22. The van der Waals surface area contributed by atoms with Gasteiger partial charge in [-0.15, -0.1) is 17.0 Å². The summed E-state index contributed by atoms with van der Waals surface area (Å²) in [7, 11) is -3.46. The standard InChI is InChI=1S/C14H16NO3P.BrH/c1-12(15)19(16,17-13-8-4-2-5-9-13)18-14-10-6-3-7-11-14;/h2-12H,15H2,1H3;1H. The molecule has 2 N–H and O–H groups in total. The second-order valence-corrected chi connectivity index (χ2v) is 6.35. The zero-order chi connectivity index (χ0) is 13.7. The largest absolute Gasteiger partial charge is 0.447 e. The van der Waals surface area contributed by atoms with Gasteiger partial charge in [-0.1, -0.05) is 36.4 Å². The molecule has 20 heavy (non-hydrogen) atoms. The highest BCUT2D eigenvalue weighted by molar-refractivity contribution is 8.93. The molecule has 2 aromatic rings. The first-order valence-electron chi connectivity index (χ1n) is 5.95. The number of halogens is 1. The first-order chi connectivity index (χ1) is 9.10. The second-order valence-electron chi connectivity index (χ2n) is 4.09. The van der Waals surface area contributed by atoms with Crippen molar-refractivity contribution in [3.05, 3.63) is 60.7 Å². The van der Waals surface area contributed by atoms with Gasteiger partial charge in [0.05, 0.1) is 0 Å². The molecule has 0 saturated heterocycles. The maximum absolute atomic E-state index is 12.7. The molecular weight excluding hydrogens is 341 g/mol. The predicted molar refractivity (Wildman–Crippen MR) is 85.7 cm³/mol. The van der Waals surface area contributed by atoms with Crippen LogP contribution in [0.2, 0.25) is 0 Å². The number of benzene rings is 2. The van der Waals surface area contributed by atoms with Gasteiger partial charge in [-0.3, -0.25) is 0 Å². The number of para-hydroxylation sites is 2. The molecule has 0 aliphatic heterocycles. The van der Waals surface area contributed by atoms with Gasteiger partial charge < -0.3 is 14.8 Å². The first-order valence-corrected chi connectivity index (χ1v) is 7.56. The van der Waals surface area contributed by atoms with Crippen LogP contribution in [0.5, 0.6) is 11.5 Å². The van der Waals surface area contributed by atoms with Gasteiger partial charge in [0.25, 0.3) is 0 Å². The second kappa shape index (κ2) is 7.48. The summed E-state index contributed by atoms with van der Waals surface area (Å²) in [6.45, 7) is 1.60. The van der Waals surface area contributed by atoms with Crippen LogP contribution in [0.1, 0.15) is 6.92 Å². The zero-order valence-corrected chi connectivity index (χ0v) is 13.6. The molecule has 0 fully saturated rings. The quantitative estimate of drug-likeness (QED) is 0.813. The van der Waals surface area contributed by atoms with Gasteiger partial charge in [-0.05, 0) is 31.2 Å². The van der Waals surface area contributed by atoms with Crippen molar-refractivity contribution in [1.29, 1.82) is 0 Å². The van der Waals surface area contributed by atoms with Crippen LogP contribution in [0.3, 0.4) is 0 Å². The fourth-order valence-corrected chi connectivity index (χ4v) is 2.64. The maximum Gasteiger partial charge on any atom is 0.447 e. The lowest BCUT2D eigenvalue weighted by Crippen LogP contribution is -2.22. The van der Waals surface area contributed by atoms with Crippen LogP contribution in [-0.2, 0) is 4.57 Å². The summed E-state index contributed by atoms with van der Waals surface area (Å²) in [4.78, 5) is 0. The van der Waals surface area contributed by atoms with Crippen LogP contribution in [0, 0.1) is 0 Å². The lowest BCUT2D eigenvalue weighted by molar-refractivity contribution is 0.375. The van der Waals surface area contributed by atoms with E-state index in [1.54, 1.807) is 55.5 Å².